The van der Waals surface area contributed by atoms with E-state index in [1.807, 2.05) is 0 Å². The second-order valence-corrected chi connectivity index (χ2v) is 34.2. The van der Waals surface area contributed by atoms with Gasteiger partial charge < -0.3 is 29.4 Å². The molecule has 0 unspecified atom stereocenters. The lowest BCUT2D eigenvalue weighted by molar-refractivity contribution is 1.18. The zero-order valence-electron chi connectivity index (χ0n) is 74.8. The molecule has 0 heterocycles. The van der Waals surface area contributed by atoms with E-state index >= 15 is 0 Å². The molecule has 634 valence electrons. The Morgan fingerprint density at radius 2 is 0.258 bits per heavy atom. The van der Waals surface area contributed by atoms with Gasteiger partial charge in [-0.05, 0) is 337 Å². The third-order valence-electron chi connectivity index (χ3n) is 25.0. The molecule has 0 saturated carbocycles. The van der Waals surface area contributed by atoms with Crippen molar-refractivity contribution >= 4 is 102 Å². The largest absolute Gasteiger partial charge is 0.311 e. The minimum absolute atomic E-state index is 0.763. The van der Waals surface area contributed by atoms with Crippen LogP contribution in [-0.2, 0) is 6.42 Å². The van der Waals surface area contributed by atoms with E-state index < -0.39 is 0 Å². The van der Waals surface area contributed by atoms with Gasteiger partial charge >= 0.3 is 0 Å². The van der Waals surface area contributed by atoms with Crippen LogP contribution in [0.5, 0.6) is 0 Å². The Morgan fingerprint density at radius 1 is 0.114 bits per heavy atom. The van der Waals surface area contributed by atoms with E-state index in [2.05, 4.69) is 568 Å². The molecule has 20 aromatic carbocycles. The number of hydrogen-bond donors (Lipinski definition) is 0. The first-order valence-corrected chi connectivity index (χ1v) is 45.4. The average molecular weight is 1700 g/mol. The average Bonchev–Trinajstić information content (AvgIpc) is 0.847. The highest BCUT2D eigenvalue weighted by atomic mass is 15.2. The predicted molar refractivity (Wildman–Crippen MR) is 560 cm³/mol. The highest BCUT2D eigenvalue weighted by Crippen LogP contribution is 2.46. The van der Waals surface area contributed by atoms with E-state index in [1.54, 1.807) is 0 Å². The Balaban J connectivity index is 0.562. The van der Waals surface area contributed by atoms with Gasteiger partial charge in [0.1, 0.15) is 0 Å². The van der Waals surface area contributed by atoms with Gasteiger partial charge in [-0.3, -0.25) is 0 Å². The van der Waals surface area contributed by atoms with Gasteiger partial charge in [0, 0.05) is 102 Å². The Morgan fingerprint density at radius 3 is 0.470 bits per heavy atom. The second kappa shape index (κ2) is 38.0. The summed E-state index contributed by atoms with van der Waals surface area (Å²) in [6.45, 7) is 10.7. The van der Waals surface area contributed by atoms with Gasteiger partial charge in [0.05, 0.1) is 0 Å². The molecule has 0 saturated heterocycles. The van der Waals surface area contributed by atoms with Crippen LogP contribution in [0.4, 0.5) is 102 Å². The molecule has 20 rings (SSSR count). The first-order valence-electron chi connectivity index (χ1n) is 45.4. The van der Waals surface area contributed by atoms with Crippen molar-refractivity contribution in [2.75, 3.05) is 29.4 Å². The second-order valence-electron chi connectivity index (χ2n) is 34.2. The monoisotopic (exact) mass is 1700 g/mol. The van der Waals surface area contributed by atoms with E-state index in [-0.39, 0.29) is 0 Å². The van der Waals surface area contributed by atoms with Gasteiger partial charge in [-0.2, -0.15) is 0 Å². The summed E-state index contributed by atoms with van der Waals surface area (Å²) < 4.78 is 0. The predicted octanol–water partition coefficient (Wildman–Crippen LogP) is 35.6. The molecule has 0 N–H and O–H groups in total. The maximum atomic E-state index is 2.38. The fourth-order valence-electron chi connectivity index (χ4n) is 17.8. The van der Waals surface area contributed by atoms with Crippen LogP contribution in [0.3, 0.4) is 0 Å². The molecule has 6 heteroatoms. The van der Waals surface area contributed by atoms with Crippen molar-refractivity contribution in [2.24, 2.45) is 0 Å². The summed E-state index contributed by atoms with van der Waals surface area (Å²) in [5.74, 6) is 0. The van der Waals surface area contributed by atoms with Crippen LogP contribution in [0.2, 0.25) is 0 Å². The smallest absolute Gasteiger partial charge is 0.0463 e. The molecule has 0 bridgehead atoms. The fraction of sp³-hybridized carbons (Fsp3) is 0.0476. The van der Waals surface area contributed by atoms with Crippen molar-refractivity contribution in [3.63, 3.8) is 0 Å². The molecule has 0 spiro atoms. The van der Waals surface area contributed by atoms with Crippen LogP contribution in [0, 0.1) is 34.6 Å². The lowest BCUT2D eigenvalue weighted by Gasteiger charge is -2.29. The van der Waals surface area contributed by atoms with Gasteiger partial charge in [-0.15, -0.1) is 0 Å². The molecule has 0 aromatic heterocycles. The molecule has 0 aliphatic carbocycles. The number of aryl methyl sites for hydroxylation is 5. The first kappa shape index (κ1) is 83.4. The number of hydrogen-bond acceptors (Lipinski definition) is 6. The van der Waals surface area contributed by atoms with E-state index in [0.717, 1.165) is 137 Å². The Hall–Kier alpha value is -16.8. The Kier molecular flexibility index (Phi) is 24.0. The summed E-state index contributed by atoms with van der Waals surface area (Å²) in [6, 6.07) is 184. The summed E-state index contributed by atoms with van der Waals surface area (Å²) in [5, 5.41) is 0. The van der Waals surface area contributed by atoms with Gasteiger partial charge in [0.15, 0.2) is 0 Å². The summed E-state index contributed by atoms with van der Waals surface area (Å²) in [4.78, 5) is 14.1. The van der Waals surface area contributed by atoms with Crippen LogP contribution in [0.15, 0.2) is 504 Å². The maximum absolute atomic E-state index is 2.38. The molecule has 0 radical (unpaired) electrons. The van der Waals surface area contributed by atoms with Crippen LogP contribution in [-0.4, -0.2) is 0 Å². The van der Waals surface area contributed by atoms with Crippen molar-refractivity contribution in [3.8, 4) is 66.8 Å². The van der Waals surface area contributed by atoms with E-state index in [1.165, 1.54) is 77.9 Å². The molecule has 0 amide bonds. The molecule has 0 aliphatic heterocycles. The van der Waals surface area contributed by atoms with Gasteiger partial charge in [-0.25, -0.2) is 0 Å². The van der Waals surface area contributed by atoms with Crippen molar-refractivity contribution in [3.05, 3.63) is 542 Å². The van der Waals surface area contributed by atoms with Crippen LogP contribution >= 0.6 is 0 Å². The molecule has 0 atom stereocenters. The van der Waals surface area contributed by atoms with Crippen molar-refractivity contribution in [2.45, 2.75) is 41.0 Å². The summed E-state index contributed by atoms with van der Waals surface area (Å²) in [5.41, 5.74) is 42.0. The van der Waals surface area contributed by atoms with Crippen LogP contribution < -0.4 is 29.4 Å². The van der Waals surface area contributed by atoms with Crippen molar-refractivity contribution in [1.82, 2.24) is 0 Å². The number of anilines is 18. The SMILES string of the molecule is Cc1ccc(N(c2ccc(C)cc2)c2ccc(N(c3ccc(C)cc3)c3ccc(-c4ccc(N(c5ccc(Cc6cccc(-c7ccc(N(c8ccc(-c9ccccc9)cc8)c8ccc(-c9ccc(N(c%10ccccc%10)c%10ccc(-c%11ccc(-c%12ccccc%12)cc%11)cc%10)cc9)cc8)cc7)c6)cc5)c5ccc(N(c6ccc(C)cc6)c6ccc(C)cc6)cc5)cc4)cc3)cc2)cc1. The normalized spacial score (nSPS) is 11.1. The van der Waals surface area contributed by atoms with Crippen molar-refractivity contribution < 1.29 is 0 Å². The minimum atomic E-state index is 0.763. The molecule has 0 aliphatic rings. The highest BCUT2D eigenvalue weighted by molar-refractivity contribution is 5.89. The van der Waals surface area contributed by atoms with Crippen molar-refractivity contribution in [1.29, 1.82) is 0 Å². The molecule has 132 heavy (non-hydrogen) atoms. The number of nitrogens with zero attached hydrogens (tertiary/aromatic N) is 6. The fourth-order valence-corrected chi connectivity index (χ4v) is 17.8. The van der Waals surface area contributed by atoms with Crippen LogP contribution in [0.25, 0.3) is 66.8 Å². The third kappa shape index (κ3) is 18.5. The standard InChI is InChI=1S/C126H100N6/c1-90-24-54-110(55-25-90)128(111-56-26-91(2)27-57-111)123-80-84-125(85-81-123)130(114-62-32-94(5)33-63-114)118-72-46-104(47-73-118)105-48-74-119(75-49-105)131(126-86-82-124(83-87-126)129(112-58-28-92(3)29-59-112)113-60-30-93(4)31-61-113)115-64-34-95(35-65-115)88-96-16-15-21-108(89-96)107-52-78-122(79-53-107)132(120-66-40-101(41-67-120)98-19-11-7-12-20-98)121-76-50-106(51-77-121)103-44-70-117(71-45-103)127(109-22-13-8-14-23-109)116-68-42-102(43-69-116)100-38-36-99(37-39-100)97-17-9-6-10-18-97/h6-87,89H,88H2,1-5H3. The zero-order valence-corrected chi connectivity index (χ0v) is 74.8. The Labute approximate surface area is 776 Å². The Bertz CT molecular complexity index is 7140. The number of benzene rings is 20. The zero-order chi connectivity index (χ0) is 89.2. The summed E-state index contributed by atoms with van der Waals surface area (Å²) >= 11 is 0. The summed E-state index contributed by atoms with van der Waals surface area (Å²) in [6.07, 6.45) is 0.763. The highest BCUT2D eigenvalue weighted by Gasteiger charge is 2.23. The van der Waals surface area contributed by atoms with Crippen LogP contribution in [0.1, 0.15) is 38.9 Å². The van der Waals surface area contributed by atoms with Gasteiger partial charge in [0.2, 0.25) is 0 Å². The lowest BCUT2D eigenvalue weighted by atomic mass is 9.98. The minimum Gasteiger partial charge on any atom is -0.311 e. The first-order chi connectivity index (χ1) is 64.9. The quantitative estimate of drug-likeness (QED) is 0.0534. The molecular weight excluding hydrogens is 1600 g/mol. The van der Waals surface area contributed by atoms with E-state index in [0.29, 0.717) is 0 Å². The van der Waals surface area contributed by atoms with Gasteiger partial charge in [-0.1, -0.05) is 313 Å². The maximum Gasteiger partial charge on any atom is 0.0463 e. The number of para-hydroxylation sites is 1. The van der Waals surface area contributed by atoms with E-state index in [4.69, 9.17) is 0 Å². The third-order valence-corrected chi connectivity index (χ3v) is 25.0. The molecular formula is C126H100N6. The van der Waals surface area contributed by atoms with Gasteiger partial charge in [0.25, 0.3) is 0 Å². The summed E-state index contributed by atoms with van der Waals surface area (Å²) in [7, 11) is 0. The molecule has 0 fully saturated rings. The topological polar surface area (TPSA) is 19.4 Å². The van der Waals surface area contributed by atoms with E-state index in [9.17, 15) is 0 Å². The molecule has 20 aromatic rings. The number of rotatable bonds is 26. The lowest BCUT2D eigenvalue weighted by Crippen LogP contribution is -2.12. The molecule has 6 nitrogen and oxygen atoms in total.